The number of benzene rings is 2. The fourth-order valence-corrected chi connectivity index (χ4v) is 2.99. The van der Waals surface area contributed by atoms with Gasteiger partial charge in [0.1, 0.15) is 6.17 Å². The van der Waals surface area contributed by atoms with Gasteiger partial charge in [-0.1, -0.05) is 24.3 Å². The zero-order valence-electron chi connectivity index (χ0n) is 13.4. The fourth-order valence-electron chi connectivity index (χ4n) is 2.99. The van der Waals surface area contributed by atoms with Crippen molar-refractivity contribution >= 4 is 22.5 Å². The second-order valence-electron chi connectivity index (χ2n) is 5.99. The number of hydrogen-bond donors (Lipinski definition) is 1. The van der Waals surface area contributed by atoms with Crippen LogP contribution in [0.1, 0.15) is 22.3 Å². The Bertz CT molecular complexity index is 1010. The highest BCUT2D eigenvalue weighted by molar-refractivity contribution is 5.95. The van der Waals surface area contributed by atoms with Crippen LogP contribution in [0.15, 0.2) is 53.3 Å². The Morgan fingerprint density at radius 1 is 1.04 bits per heavy atom. The minimum absolute atomic E-state index is 0.153. The predicted molar refractivity (Wildman–Crippen MR) is 92.4 cm³/mol. The molecular weight excluding hydrogens is 304 g/mol. The maximum absolute atomic E-state index is 12.8. The Kier molecular flexibility index (Phi) is 3.13. The number of nitrogens with zero attached hydrogens (tertiary/aromatic N) is 3. The van der Waals surface area contributed by atoms with E-state index in [1.807, 2.05) is 43.3 Å². The molecule has 2 aromatic carbocycles. The van der Waals surface area contributed by atoms with E-state index in [0.717, 1.165) is 11.3 Å². The van der Waals surface area contributed by atoms with Crippen molar-refractivity contribution in [3.05, 3.63) is 70.3 Å². The molecule has 1 aliphatic rings. The van der Waals surface area contributed by atoms with Crippen LogP contribution in [0.4, 0.5) is 5.69 Å². The highest BCUT2D eigenvalue weighted by Crippen LogP contribution is 2.24. The third kappa shape index (κ3) is 2.07. The van der Waals surface area contributed by atoms with Gasteiger partial charge in [-0.25, -0.2) is 4.98 Å². The standard InChI is InChI=1S/C18H16N4O2/c1-21(2)12-9-7-11(8-10-12)15-20-17(23)16-19-14-6-4-3-5-13(14)18(24)22(15)16/h3-10,15H,1-2H3,(H,20,23)/t15-/m1/s1. The minimum Gasteiger partial charge on any atom is -0.378 e. The molecule has 1 aliphatic heterocycles. The molecule has 1 atom stereocenters. The highest BCUT2D eigenvalue weighted by atomic mass is 16.2. The lowest BCUT2D eigenvalue weighted by Crippen LogP contribution is -2.28. The Morgan fingerprint density at radius 3 is 2.46 bits per heavy atom. The first-order valence-electron chi connectivity index (χ1n) is 7.65. The topological polar surface area (TPSA) is 67.2 Å². The lowest BCUT2D eigenvalue weighted by molar-refractivity contribution is 0.0956. The molecule has 3 aromatic rings. The maximum atomic E-state index is 12.8. The molecule has 0 unspecified atom stereocenters. The van der Waals surface area contributed by atoms with Gasteiger partial charge in [0.15, 0.2) is 0 Å². The molecular formula is C18H16N4O2. The van der Waals surface area contributed by atoms with Crippen molar-refractivity contribution in [1.29, 1.82) is 0 Å². The summed E-state index contributed by atoms with van der Waals surface area (Å²) in [5.74, 6) is -0.181. The van der Waals surface area contributed by atoms with E-state index in [2.05, 4.69) is 10.3 Å². The molecule has 0 saturated carbocycles. The molecule has 0 aliphatic carbocycles. The molecule has 0 bridgehead atoms. The number of carbonyl (C=O) groups excluding carboxylic acids is 1. The van der Waals surface area contributed by atoms with Gasteiger partial charge >= 0.3 is 0 Å². The van der Waals surface area contributed by atoms with E-state index in [-0.39, 0.29) is 17.3 Å². The van der Waals surface area contributed by atoms with E-state index in [0.29, 0.717) is 10.9 Å². The van der Waals surface area contributed by atoms with E-state index in [1.54, 1.807) is 24.3 Å². The van der Waals surface area contributed by atoms with Crippen molar-refractivity contribution in [2.24, 2.45) is 0 Å². The molecule has 24 heavy (non-hydrogen) atoms. The molecule has 4 rings (SSSR count). The molecule has 2 heterocycles. The smallest absolute Gasteiger partial charge is 0.289 e. The summed E-state index contributed by atoms with van der Waals surface area (Å²) >= 11 is 0. The lowest BCUT2D eigenvalue weighted by atomic mass is 10.1. The summed E-state index contributed by atoms with van der Waals surface area (Å²) in [7, 11) is 3.92. The first kappa shape index (κ1) is 14.4. The number of hydrogen-bond acceptors (Lipinski definition) is 4. The third-order valence-electron chi connectivity index (χ3n) is 4.26. The van der Waals surface area contributed by atoms with Crippen LogP contribution in [-0.4, -0.2) is 29.6 Å². The molecule has 0 saturated heterocycles. The fraction of sp³-hybridized carbons (Fsp3) is 0.167. The van der Waals surface area contributed by atoms with Gasteiger partial charge in [0.25, 0.3) is 11.5 Å². The summed E-state index contributed by atoms with van der Waals surface area (Å²) in [6, 6.07) is 14.8. The van der Waals surface area contributed by atoms with Gasteiger partial charge in [0.05, 0.1) is 10.9 Å². The van der Waals surface area contributed by atoms with Crippen LogP contribution in [0.25, 0.3) is 10.9 Å². The molecule has 1 N–H and O–H groups in total. The Labute approximate surface area is 138 Å². The van der Waals surface area contributed by atoms with Crippen molar-refractivity contribution in [3.8, 4) is 0 Å². The normalized spacial score (nSPS) is 16.1. The van der Waals surface area contributed by atoms with E-state index < -0.39 is 6.17 Å². The molecule has 6 nitrogen and oxygen atoms in total. The molecule has 0 radical (unpaired) electrons. The zero-order chi connectivity index (χ0) is 16.8. The number of amides is 1. The third-order valence-corrected chi connectivity index (χ3v) is 4.26. The van der Waals surface area contributed by atoms with Crippen molar-refractivity contribution in [1.82, 2.24) is 14.9 Å². The maximum Gasteiger partial charge on any atom is 0.289 e. The number of anilines is 1. The Hall–Kier alpha value is -3.15. The van der Waals surface area contributed by atoms with Gasteiger partial charge in [-0.15, -0.1) is 0 Å². The number of rotatable bonds is 2. The van der Waals surface area contributed by atoms with Crippen LogP contribution < -0.4 is 15.8 Å². The number of para-hydroxylation sites is 1. The number of carbonyl (C=O) groups is 1. The monoisotopic (exact) mass is 320 g/mol. The van der Waals surface area contributed by atoms with Crippen LogP contribution in [0.3, 0.4) is 0 Å². The van der Waals surface area contributed by atoms with Crippen molar-refractivity contribution in [2.75, 3.05) is 19.0 Å². The molecule has 120 valence electrons. The second-order valence-corrected chi connectivity index (χ2v) is 5.99. The number of fused-ring (bicyclic) bond motifs is 2. The van der Waals surface area contributed by atoms with Crippen LogP contribution in [0.5, 0.6) is 0 Å². The van der Waals surface area contributed by atoms with E-state index in [4.69, 9.17) is 0 Å². The molecule has 1 amide bonds. The zero-order valence-corrected chi connectivity index (χ0v) is 13.4. The SMILES string of the molecule is CN(C)c1ccc([C@@H]2NC(=O)c3nc4ccccc4c(=O)n32)cc1. The highest BCUT2D eigenvalue weighted by Gasteiger charge is 2.32. The summed E-state index contributed by atoms with van der Waals surface area (Å²) in [5.41, 5.74) is 2.21. The molecule has 0 fully saturated rings. The van der Waals surface area contributed by atoms with Crippen LogP contribution in [-0.2, 0) is 0 Å². The Morgan fingerprint density at radius 2 is 1.75 bits per heavy atom. The first-order valence-corrected chi connectivity index (χ1v) is 7.65. The first-order chi connectivity index (χ1) is 11.6. The number of aromatic nitrogens is 2. The summed E-state index contributed by atoms with van der Waals surface area (Å²) in [6.45, 7) is 0. The van der Waals surface area contributed by atoms with E-state index >= 15 is 0 Å². The Balaban J connectivity index is 1.89. The summed E-state index contributed by atoms with van der Waals surface area (Å²) < 4.78 is 1.44. The van der Waals surface area contributed by atoms with Crippen LogP contribution in [0, 0.1) is 0 Å². The quantitative estimate of drug-likeness (QED) is 0.781. The average molecular weight is 320 g/mol. The van der Waals surface area contributed by atoms with Gasteiger partial charge in [0, 0.05) is 19.8 Å². The summed E-state index contributed by atoms with van der Waals surface area (Å²) in [6.07, 6.45) is -0.534. The van der Waals surface area contributed by atoms with Crippen LogP contribution >= 0.6 is 0 Å². The molecule has 1 aromatic heterocycles. The molecule has 0 spiro atoms. The van der Waals surface area contributed by atoms with Crippen molar-refractivity contribution < 1.29 is 4.79 Å². The van der Waals surface area contributed by atoms with Crippen molar-refractivity contribution in [2.45, 2.75) is 6.17 Å². The summed E-state index contributed by atoms with van der Waals surface area (Å²) in [5, 5.41) is 3.35. The van der Waals surface area contributed by atoms with E-state index in [9.17, 15) is 9.59 Å². The van der Waals surface area contributed by atoms with Gasteiger partial charge in [-0.3, -0.25) is 14.2 Å². The van der Waals surface area contributed by atoms with Gasteiger partial charge in [-0.2, -0.15) is 0 Å². The average Bonchev–Trinajstić information content (AvgIpc) is 2.92. The predicted octanol–water partition coefficient (Wildman–Crippen LogP) is 1.75. The van der Waals surface area contributed by atoms with Crippen molar-refractivity contribution in [3.63, 3.8) is 0 Å². The second kappa shape index (κ2) is 5.19. The van der Waals surface area contributed by atoms with Gasteiger partial charge in [0.2, 0.25) is 5.82 Å². The van der Waals surface area contributed by atoms with Crippen LogP contribution in [0.2, 0.25) is 0 Å². The largest absolute Gasteiger partial charge is 0.378 e. The van der Waals surface area contributed by atoms with Gasteiger partial charge < -0.3 is 10.2 Å². The molecule has 6 heteroatoms. The van der Waals surface area contributed by atoms with Gasteiger partial charge in [-0.05, 0) is 29.8 Å². The lowest BCUT2D eigenvalue weighted by Gasteiger charge is -2.17. The minimum atomic E-state index is -0.534. The van der Waals surface area contributed by atoms with E-state index in [1.165, 1.54) is 4.57 Å². The number of nitrogens with one attached hydrogen (secondary N) is 1. The summed E-state index contributed by atoms with van der Waals surface area (Å²) in [4.78, 5) is 31.5.